The van der Waals surface area contributed by atoms with Crippen molar-refractivity contribution in [3.8, 4) is 5.75 Å². The molecule has 1 saturated heterocycles. The number of primary amides is 1. The minimum Gasteiger partial charge on any atom is -0.508 e. The van der Waals surface area contributed by atoms with Crippen molar-refractivity contribution in [2.24, 2.45) is 11.7 Å². The average molecular weight is 492 g/mol. The largest absolute Gasteiger partial charge is 0.508 e. The van der Waals surface area contributed by atoms with E-state index in [2.05, 4.69) is 21.3 Å². The summed E-state index contributed by atoms with van der Waals surface area (Å²) in [6.45, 7) is 5.52. The van der Waals surface area contributed by atoms with E-state index in [0.29, 0.717) is 5.56 Å². The summed E-state index contributed by atoms with van der Waals surface area (Å²) in [6.07, 6.45) is -1.64. The Hall–Kier alpha value is -3.67. The molecule has 1 heterocycles. The summed E-state index contributed by atoms with van der Waals surface area (Å²) in [5.74, 6) is -2.59. The molecule has 1 aliphatic heterocycles. The Balaban J connectivity index is 1.93. The minimum atomic E-state index is -1.04. The van der Waals surface area contributed by atoms with Gasteiger partial charge in [-0.3, -0.25) is 24.0 Å². The fourth-order valence-corrected chi connectivity index (χ4v) is 3.36. The number of hydrogen-bond acceptors (Lipinski definition) is 7. The number of amides is 5. The lowest BCUT2D eigenvalue weighted by Crippen LogP contribution is -2.54. The van der Waals surface area contributed by atoms with E-state index in [9.17, 15) is 29.1 Å². The van der Waals surface area contributed by atoms with Gasteiger partial charge in [0.2, 0.25) is 17.7 Å². The molecule has 0 radical (unpaired) electrons. The van der Waals surface area contributed by atoms with Gasteiger partial charge < -0.3 is 36.8 Å². The van der Waals surface area contributed by atoms with Gasteiger partial charge in [0.05, 0.1) is 0 Å². The number of carbonyl (C=O) groups excluding carboxylic acids is 5. The van der Waals surface area contributed by atoms with Crippen molar-refractivity contribution in [1.29, 1.82) is 0 Å². The lowest BCUT2D eigenvalue weighted by molar-refractivity contribution is -0.132. The molecule has 35 heavy (non-hydrogen) atoms. The number of rotatable bonds is 13. The molecular formula is C23H33N5O7. The zero-order valence-corrected chi connectivity index (χ0v) is 20.0. The monoisotopic (exact) mass is 491 g/mol. The standard InChI is InChI=1S/C23H33N5O7/c1-12(2)10-17(21(32)27-16(20(24)31)11-14-4-6-15(30)7-5-14)28-23(34)19-18(35-19)22(33)26-9-8-25-13(3)29/h4-7,12,16-19,30H,8-11H2,1-3H3,(H2,24,31)(H,25,29)(H,26,33)(H,27,32)(H,28,34)/t16-,17-,18+,19+/m0/s1. The zero-order valence-electron chi connectivity index (χ0n) is 20.0. The molecule has 5 amide bonds. The van der Waals surface area contributed by atoms with Crippen LogP contribution in [0.5, 0.6) is 5.75 Å². The molecule has 12 nitrogen and oxygen atoms in total. The fourth-order valence-electron chi connectivity index (χ4n) is 3.36. The summed E-state index contributed by atoms with van der Waals surface area (Å²) in [4.78, 5) is 60.4. The first kappa shape index (κ1) is 27.6. The Bertz CT molecular complexity index is 935. The van der Waals surface area contributed by atoms with Crippen LogP contribution in [0.25, 0.3) is 0 Å². The van der Waals surface area contributed by atoms with Gasteiger partial charge in [-0.25, -0.2) is 0 Å². The third kappa shape index (κ3) is 9.24. The number of hydrogen-bond donors (Lipinski definition) is 6. The Morgan fingerprint density at radius 2 is 1.54 bits per heavy atom. The van der Waals surface area contributed by atoms with Gasteiger partial charge >= 0.3 is 0 Å². The third-order valence-electron chi connectivity index (χ3n) is 5.18. The number of epoxide rings is 1. The van der Waals surface area contributed by atoms with Crippen molar-refractivity contribution >= 4 is 29.5 Å². The highest BCUT2D eigenvalue weighted by atomic mass is 16.6. The molecule has 1 aromatic rings. The molecule has 0 bridgehead atoms. The molecule has 4 atom stereocenters. The maximum atomic E-state index is 12.9. The van der Waals surface area contributed by atoms with Crippen LogP contribution in [0.15, 0.2) is 24.3 Å². The maximum absolute atomic E-state index is 12.9. The van der Waals surface area contributed by atoms with Crippen LogP contribution in [0.1, 0.15) is 32.8 Å². The highest BCUT2D eigenvalue weighted by Crippen LogP contribution is 2.23. The summed E-state index contributed by atoms with van der Waals surface area (Å²) in [5, 5.41) is 19.7. The van der Waals surface area contributed by atoms with Crippen LogP contribution >= 0.6 is 0 Å². The van der Waals surface area contributed by atoms with Crippen molar-refractivity contribution in [1.82, 2.24) is 21.3 Å². The van der Waals surface area contributed by atoms with Crippen molar-refractivity contribution in [3.63, 3.8) is 0 Å². The molecule has 1 fully saturated rings. The number of benzene rings is 1. The predicted octanol–water partition coefficient (Wildman–Crippen LogP) is -1.54. The van der Waals surface area contributed by atoms with Crippen molar-refractivity contribution in [2.45, 2.75) is 57.9 Å². The van der Waals surface area contributed by atoms with Gasteiger partial charge in [-0.1, -0.05) is 26.0 Å². The topological polar surface area (TPSA) is 192 Å². The number of aromatic hydroxyl groups is 1. The smallest absolute Gasteiger partial charge is 0.253 e. The third-order valence-corrected chi connectivity index (χ3v) is 5.18. The SMILES string of the molecule is CC(=O)NCCNC(=O)[C@@H]1O[C@H]1C(=O)N[C@@H](CC(C)C)C(=O)N[C@@H](Cc1ccc(O)cc1)C(N)=O. The second-order valence-corrected chi connectivity index (χ2v) is 8.78. The minimum absolute atomic E-state index is 0.0307. The molecule has 0 aromatic heterocycles. The Kier molecular flexibility index (Phi) is 10.0. The summed E-state index contributed by atoms with van der Waals surface area (Å²) >= 11 is 0. The molecule has 7 N–H and O–H groups in total. The van der Waals surface area contributed by atoms with Crippen LogP contribution in [0.2, 0.25) is 0 Å². The normalized spacial score (nSPS) is 18.2. The molecule has 0 unspecified atom stereocenters. The molecule has 0 spiro atoms. The Morgan fingerprint density at radius 1 is 0.943 bits per heavy atom. The van der Waals surface area contributed by atoms with E-state index in [1.165, 1.54) is 19.1 Å². The summed E-state index contributed by atoms with van der Waals surface area (Å²) in [5.41, 5.74) is 6.14. The average Bonchev–Trinajstić information content (AvgIpc) is 3.57. The van der Waals surface area contributed by atoms with Crippen LogP contribution in [-0.4, -0.2) is 72.0 Å². The molecule has 0 aliphatic carbocycles. The van der Waals surface area contributed by atoms with Gasteiger partial charge in [0.1, 0.15) is 17.8 Å². The van der Waals surface area contributed by atoms with Crippen LogP contribution in [0.3, 0.4) is 0 Å². The highest BCUT2D eigenvalue weighted by molar-refractivity contribution is 5.97. The quantitative estimate of drug-likeness (QED) is 0.142. The molecule has 1 aliphatic rings. The molecule has 0 saturated carbocycles. The van der Waals surface area contributed by atoms with E-state index in [0.717, 1.165) is 0 Å². The van der Waals surface area contributed by atoms with E-state index < -0.39 is 47.9 Å². The van der Waals surface area contributed by atoms with Crippen molar-refractivity contribution < 1.29 is 33.8 Å². The number of ether oxygens (including phenoxy) is 1. The predicted molar refractivity (Wildman–Crippen MR) is 125 cm³/mol. The van der Waals surface area contributed by atoms with E-state index >= 15 is 0 Å². The lowest BCUT2D eigenvalue weighted by Gasteiger charge is -2.23. The van der Waals surface area contributed by atoms with Gasteiger partial charge in [0.25, 0.3) is 11.8 Å². The van der Waals surface area contributed by atoms with Gasteiger partial charge in [-0.05, 0) is 30.0 Å². The molecular weight excluding hydrogens is 458 g/mol. The Labute approximate surface area is 203 Å². The van der Waals surface area contributed by atoms with Crippen molar-refractivity contribution in [3.05, 3.63) is 29.8 Å². The second-order valence-electron chi connectivity index (χ2n) is 8.78. The van der Waals surface area contributed by atoms with E-state index in [-0.39, 0.29) is 43.5 Å². The van der Waals surface area contributed by atoms with Crippen molar-refractivity contribution in [2.75, 3.05) is 13.1 Å². The molecule has 192 valence electrons. The van der Waals surface area contributed by atoms with Crippen LogP contribution in [0, 0.1) is 5.92 Å². The first-order chi connectivity index (χ1) is 16.5. The maximum Gasteiger partial charge on any atom is 0.253 e. The number of nitrogens with two attached hydrogens (primary N) is 1. The van der Waals surface area contributed by atoms with E-state index in [1.54, 1.807) is 12.1 Å². The van der Waals surface area contributed by atoms with Gasteiger partial charge in [0.15, 0.2) is 12.2 Å². The number of nitrogens with one attached hydrogen (secondary N) is 4. The fraction of sp³-hybridized carbons (Fsp3) is 0.522. The van der Waals surface area contributed by atoms with Crippen LogP contribution in [-0.2, 0) is 35.1 Å². The zero-order chi connectivity index (χ0) is 26.1. The number of phenols is 1. The highest BCUT2D eigenvalue weighted by Gasteiger charge is 2.50. The van der Waals surface area contributed by atoms with Crippen LogP contribution in [0.4, 0.5) is 0 Å². The van der Waals surface area contributed by atoms with Crippen LogP contribution < -0.4 is 27.0 Å². The first-order valence-corrected chi connectivity index (χ1v) is 11.3. The van der Waals surface area contributed by atoms with E-state index in [1.807, 2.05) is 13.8 Å². The van der Waals surface area contributed by atoms with Gasteiger partial charge in [-0.2, -0.15) is 0 Å². The van der Waals surface area contributed by atoms with Gasteiger partial charge in [-0.15, -0.1) is 0 Å². The lowest BCUT2D eigenvalue weighted by atomic mass is 10.0. The number of phenolic OH excluding ortho intramolecular Hbond substituents is 1. The summed E-state index contributed by atoms with van der Waals surface area (Å²) < 4.78 is 5.17. The molecule has 12 heteroatoms. The number of carbonyl (C=O) groups is 5. The first-order valence-electron chi connectivity index (χ1n) is 11.3. The molecule has 1 aromatic carbocycles. The second kappa shape index (κ2) is 12.7. The molecule has 2 rings (SSSR count). The van der Waals surface area contributed by atoms with E-state index in [4.69, 9.17) is 10.5 Å². The Morgan fingerprint density at radius 3 is 2.11 bits per heavy atom. The van der Waals surface area contributed by atoms with Gasteiger partial charge in [0, 0.05) is 26.4 Å². The summed E-state index contributed by atoms with van der Waals surface area (Å²) in [7, 11) is 0. The summed E-state index contributed by atoms with van der Waals surface area (Å²) in [6, 6.07) is 4.13.